The molecule has 2 aromatic heterocycles. The molecule has 13 aromatic rings. The SMILES string of the molecule is c1ccc(-c2ccc(-c3ccc(N(c4ccc(-n5c6ccccc6c6ccccc65)cc4)c4ccc(-c5ccc6c(c5)c5ccccc5n6-c5ccccc5)c5ccccc45)cc3)cc2)cc1. The maximum atomic E-state index is 2.42. The minimum absolute atomic E-state index is 1.08. The fraction of sp³-hybridized carbons (Fsp3) is 0. The fourth-order valence-corrected chi connectivity index (χ4v) is 10.4. The van der Waals surface area contributed by atoms with Gasteiger partial charge in [-0.3, -0.25) is 0 Å². The van der Waals surface area contributed by atoms with Crippen molar-refractivity contribution in [1.29, 1.82) is 0 Å². The molecule has 0 amide bonds. The second kappa shape index (κ2) is 16.0. The van der Waals surface area contributed by atoms with Crippen LogP contribution in [0.25, 0.3) is 99.1 Å². The number of benzene rings is 11. The van der Waals surface area contributed by atoms with E-state index in [9.17, 15) is 0 Å². The highest BCUT2D eigenvalue weighted by Gasteiger charge is 2.20. The third kappa shape index (κ3) is 6.51. The Morgan fingerprint density at radius 1 is 0.239 bits per heavy atom. The van der Waals surface area contributed by atoms with Gasteiger partial charge in [0.05, 0.1) is 27.8 Å². The lowest BCUT2D eigenvalue weighted by atomic mass is 9.95. The number of para-hydroxylation sites is 4. The molecule has 0 aliphatic rings. The molecule has 11 aromatic carbocycles. The van der Waals surface area contributed by atoms with Crippen LogP contribution in [0.5, 0.6) is 0 Å². The minimum Gasteiger partial charge on any atom is -0.310 e. The summed E-state index contributed by atoms with van der Waals surface area (Å²) in [5.74, 6) is 0. The van der Waals surface area contributed by atoms with E-state index in [-0.39, 0.29) is 0 Å². The smallest absolute Gasteiger partial charge is 0.0541 e. The van der Waals surface area contributed by atoms with Gasteiger partial charge >= 0.3 is 0 Å². The second-order valence-corrected chi connectivity index (χ2v) is 17.3. The van der Waals surface area contributed by atoms with Crippen molar-refractivity contribution in [3.8, 4) is 44.8 Å². The Morgan fingerprint density at radius 3 is 1.19 bits per heavy atom. The van der Waals surface area contributed by atoms with Gasteiger partial charge in [-0.1, -0.05) is 176 Å². The summed E-state index contributed by atoms with van der Waals surface area (Å²) < 4.78 is 4.76. The van der Waals surface area contributed by atoms with Crippen molar-refractivity contribution in [3.05, 3.63) is 261 Å². The van der Waals surface area contributed by atoms with Gasteiger partial charge in [0.2, 0.25) is 0 Å². The number of rotatable bonds is 8. The van der Waals surface area contributed by atoms with Crippen LogP contribution >= 0.6 is 0 Å². The first-order valence-corrected chi connectivity index (χ1v) is 23.0. The van der Waals surface area contributed by atoms with Gasteiger partial charge in [-0.25, -0.2) is 0 Å². The lowest BCUT2D eigenvalue weighted by Crippen LogP contribution is -2.11. The van der Waals surface area contributed by atoms with E-state index in [1.54, 1.807) is 0 Å². The summed E-state index contributed by atoms with van der Waals surface area (Å²) in [4.78, 5) is 2.42. The average molecular weight is 854 g/mol. The number of aromatic nitrogens is 2. The maximum absolute atomic E-state index is 2.42. The highest BCUT2D eigenvalue weighted by Crippen LogP contribution is 2.44. The van der Waals surface area contributed by atoms with Crippen molar-refractivity contribution in [3.63, 3.8) is 0 Å². The van der Waals surface area contributed by atoms with E-state index in [2.05, 4.69) is 275 Å². The summed E-state index contributed by atoms with van der Waals surface area (Å²) in [5, 5.41) is 7.38. The Morgan fingerprint density at radius 2 is 0.627 bits per heavy atom. The number of anilines is 3. The molecule has 0 aliphatic heterocycles. The average Bonchev–Trinajstić information content (AvgIpc) is 3.92. The summed E-state index contributed by atoms with van der Waals surface area (Å²) in [6.07, 6.45) is 0. The molecule has 0 radical (unpaired) electrons. The number of nitrogens with zero attached hydrogens (tertiary/aromatic N) is 3. The van der Waals surface area contributed by atoms with Gasteiger partial charge in [0.15, 0.2) is 0 Å². The van der Waals surface area contributed by atoms with Crippen LogP contribution in [0, 0.1) is 0 Å². The highest BCUT2D eigenvalue weighted by molar-refractivity contribution is 6.13. The molecular formula is C64H43N3. The van der Waals surface area contributed by atoms with E-state index in [1.165, 1.54) is 87.8 Å². The Labute approximate surface area is 389 Å². The van der Waals surface area contributed by atoms with Crippen molar-refractivity contribution in [1.82, 2.24) is 9.13 Å². The van der Waals surface area contributed by atoms with Gasteiger partial charge < -0.3 is 14.0 Å². The van der Waals surface area contributed by atoms with E-state index in [1.807, 2.05) is 0 Å². The Bertz CT molecular complexity index is 3880. The molecule has 3 heteroatoms. The molecule has 2 heterocycles. The molecular weight excluding hydrogens is 811 g/mol. The highest BCUT2D eigenvalue weighted by atomic mass is 15.1. The van der Waals surface area contributed by atoms with Crippen molar-refractivity contribution in [2.45, 2.75) is 0 Å². The van der Waals surface area contributed by atoms with Crippen molar-refractivity contribution >= 4 is 71.4 Å². The van der Waals surface area contributed by atoms with Crippen LogP contribution in [0.3, 0.4) is 0 Å². The fourth-order valence-electron chi connectivity index (χ4n) is 10.4. The maximum Gasteiger partial charge on any atom is 0.0541 e. The molecule has 0 saturated heterocycles. The van der Waals surface area contributed by atoms with E-state index in [0.29, 0.717) is 0 Å². The molecule has 0 N–H and O–H groups in total. The van der Waals surface area contributed by atoms with Gasteiger partial charge in [-0.2, -0.15) is 0 Å². The van der Waals surface area contributed by atoms with E-state index >= 15 is 0 Å². The van der Waals surface area contributed by atoms with E-state index in [0.717, 1.165) is 28.4 Å². The number of fused-ring (bicyclic) bond motifs is 7. The molecule has 0 saturated carbocycles. The molecule has 3 nitrogen and oxygen atoms in total. The predicted molar refractivity (Wildman–Crippen MR) is 284 cm³/mol. The molecule has 0 aliphatic carbocycles. The normalized spacial score (nSPS) is 11.6. The molecule has 314 valence electrons. The second-order valence-electron chi connectivity index (χ2n) is 17.3. The monoisotopic (exact) mass is 853 g/mol. The van der Waals surface area contributed by atoms with Crippen molar-refractivity contribution < 1.29 is 0 Å². The topological polar surface area (TPSA) is 13.1 Å². The van der Waals surface area contributed by atoms with Crippen LogP contribution in [-0.2, 0) is 0 Å². The summed E-state index contributed by atoms with van der Waals surface area (Å²) >= 11 is 0. The Kier molecular flexibility index (Phi) is 9.17. The summed E-state index contributed by atoms with van der Waals surface area (Å²) in [6.45, 7) is 0. The molecule has 0 atom stereocenters. The molecule has 0 spiro atoms. The predicted octanol–water partition coefficient (Wildman–Crippen LogP) is 17.5. The first-order valence-electron chi connectivity index (χ1n) is 23.0. The molecule has 13 rings (SSSR count). The van der Waals surface area contributed by atoms with Crippen LogP contribution in [0.2, 0.25) is 0 Å². The number of hydrogen-bond donors (Lipinski definition) is 0. The standard InChI is InChI=1S/C64H43N3/c1-3-15-44(16-4-1)45-27-29-46(30-28-45)47-31-34-50(35-32-47)65(51-36-38-52(39-37-51)67-60-24-12-9-21-56(60)57-22-10-13-25-61(57)67)63-42-40-53(54-19-7-8-20-55(54)63)48-33-41-64-59(43-48)58-23-11-14-26-62(58)66(64)49-17-5-2-6-18-49/h1-43H. The number of hydrogen-bond acceptors (Lipinski definition) is 1. The van der Waals surface area contributed by atoms with Gasteiger partial charge in [-0.05, 0) is 124 Å². The zero-order valence-electron chi connectivity index (χ0n) is 36.7. The van der Waals surface area contributed by atoms with Gasteiger partial charge in [0, 0.05) is 49.7 Å². The Balaban J connectivity index is 0.944. The Hall–Kier alpha value is -8.92. The van der Waals surface area contributed by atoms with Crippen LogP contribution in [-0.4, -0.2) is 9.13 Å². The molecule has 67 heavy (non-hydrogen) atoms. The van der Waals surface area contributed by atoms with Crippen LogP contribution in [0.4, 0.5) is 17.1 Å². The van der Waals surface area contributed by atoms with Crippen LogP contribution < -0.4 is 4.90 Å². The molecule has 0 unspecified atom stereocenters. The summed E-state index contributed by atoms with van der Waals surface area (Å²) in [5.41, 5.74) is 17.6. The summed E-state index contributed by atoms with van der Waals surface area (Å²) in [6, 6.07) is 94.9. The lowest BCUT2D eigenvalue weighted by molar-refractivity contribution is 1.17. The summed E-state index contributed by atoms with van der Waals surface area (Å²) in [7, 11) is 0. The van der Waals surface area contributed by atoms with Crippen molar-refractivity contribution in [2.24, 2.45) is 0 Å². The first kappa shape index (κ1) is 38.5. The zero-order valence-corrected chi connectivity index (χ0v) is 36.7. The lowest BCUT2D eigenvalue weighted by Gasteiger charge is -2.28. The first-order chi connectivity index (χ1) is 33.2. The zero-order chi connectivity index (χ0) is 44.3. The van der Waals surface area contributed by atoms with Crippen LogP contribution in [0.15, 0.2) is 261 Å². The van der Waals surface area contributed by atoms with Gasteiger partial charge in [-0.15, -0.1) is 0 Å². The quantitative estimate of drug-likeness (QED) is 0.148. The van der Waals surface area contributed by atoms with Gasteiger partial charge in [0.1, 0.15) is 0 Å². The van der Waals surface area contributed by atoms with E-state index < -0.39 is 0 Å². The largest absolute Gasteiger partial charge is 0.310 e. The van der Waals surface area contributed by atoms with Crippen molar-refractivity contribution in [2.75, 3.05) is 4.90 Å². The third-order valence-electron chi connectivity index (χ3n) is 13.5. The van der Waals surface area contributed by atoms with E-state index in [4.69, 9.17) is 0 Å². The van der Waals surface area contributed by atoms with Crippen LogP contribution in [0.1, 0.15) is 0 Å². The molecule has 0 bridgehead atoms. The minimum atomic E-state index is 1.08. The third-order valence-corrected chi connectivity index (χ3v) is 13.5. The molecule has 0 fully saturated rings. The van der Waals surface area contributed by atoms with Gasteiger partial charge in [0.25, 0.3) is 0 Å².